The zero-order valence-corrected chi connectivity index (χ0v) is 14.9. The molecule has 5 aromatic rings. The maximum absolute atomic E-state index is 2.40. The topological polar surface area (TPSA) is 0 Å². The minimum absolute atomic E-state index is 0. The fourth-order valence-electron chi connectivity index (χ4n) is 4.45. The Morgan fingerprint density at radius 2 is 1.18 bits per heavy atom. The Labute approximate surface area is 176 Å². The first-order chi connectivity index (χ1) is 13.4. The van der Waals surface area contributed by atoms with Crippen molar-refractivity contribution in [3.05, 3.63) is 103 Å². The van der Waals surface area contributed by atoms with Gasteiger partial charge in [-0.15, -0.1) is 0 Å². The van der Waals surface area contributed by atoms with Gasteiger partial charge in [-0.2, -0.15) is 0 Å². The van der Waals surface area contributed by atoms with Gasteiger partial charge in [-0.05, 0) is 84.9 Å². The predicted molar refractivity (Wildman–Crippen MR) is 125 cm³/mol. The standard InChI is InChI=1S/C27H18.Li.H/c1-2-7-18(6-1)24-11-5-10-21-15-23-13-12-22-14-19-8-3-4-9-20(19)16-25(22)27(23)17-26(21)24;;/h1-6,8-17H,7H2;;. The van der Waals surface area contributed by atoms with Crippen LogP contribution in [-0.4, -0.2) is 18.9 Å². The molecule has 0 bridgehead atoms. The van der Waals surface area contributed by atoms with Gasteiger partial charge in [0.05, 0.1) is 0 Å². The first-order valence-electron chi connectivity index (χ1n) is 9.51. The van der Waals surface area contributed by atoms with Gasteiger partial charge in [0.1, 0.15) is 0 Å². The van der Waals surface area contributed by atoms with E-state index in [1.807, 2.05) is 0 Å². The molecule has 6 rings (SSSR count). The molecule has 1 heteroatoms. The number of benzene rings is 5. The van der Waals surface area contributed by atoms with E-state index in [1.54, 1.807) is 0 Å². The van der Waals surface area contributed by atoms with Crippen LogP contribution < -0.4 is 0 Å². The van der Waals surface area contributed by atoms with E-state index in [0.717, 1.165) is 6.42 Å². The van der Waals surface area contributed by atoms with E-state index in [-0.39, 0.29) is 18.9 Å². The SMILES string of the molecule is C1=CCC(c2cccc3cc4ccc5cc6ccccc6cc5c4cc23)=C1.[LiH]. The van der Waals surface area contributed by atoms with Crippen molar-refractivity contribution >= 4 is 67.5 Å². The third kappa shape index (κ3) is 2.61. The van der Waals surface area contributed by atoms with Crippen LogP contribution in [0, 0.1) is 0 Å². The van der Waals surface area contributed by atoms with Gasteiger partial charge < -0.3 is 0 Å². The molecule has 0 amide bonds. The maximum atomic E-state index is 2.40. The molecule has 0 atom stereocenters. The number of allylic oxidation sites excluding steroid dienone is 4. The summed E-state index contributed by atoms with van der Waals surface area (Å²) in [4.78, 5) is 0. The van der Waals surface area contributed by atoms with E-state index < -0.39 is 0 Å². The van der Waals surface area contributed by atoms with Crippen molar-refractivity contribution in [3.8, 4) is 0 Å². The fourth-order valence-corrected chi connectivity index (χ4v) is 4.45. The summed E-state index contributed by atoms with van der Waals surface area (Å²) in [7, 11) is 0. The molecule has 0 aromatic heterocycles. The monoisotopic (exact) mass is 350 g/mol. The number of rotatable bonds is 1. The van der Waals surface area contributed by atoms with Crippen molar-refractivity contribution in [2.75, 3.05) is 0 Å². The van der Waals surface area contributed by atoms with Gasteiger partial charge in [-0.25, -0.2) is 0 Å². The van der Waals surface area contributed by atoms with Crippen molar-refractivity contribution < 1.29 is 0 Å². The van der Waals surface area contributed by atoms with E-state index in [9.17, 15) is 0 Å². The van der Waals surface area contributed by atoms with Crippen LogP contribution in [0.15, 0.2) is 97.1 Å². The van der Waals surface area contributed by atoms with Crippen molar-refractivity contribution in [2.24, 2.45) is 0 Å². The molecule has 0 fully saturated rings. The minimum atomic E-state index is 0. The summed E-state index contributed by atoms with van der Waals surface area (Å²) in [6.07, 6.45) is 7.67. The van der Waals surface area contributed by atoms with Crippen molar-refractivity contribution in [2.45, 2.75) is 6.42 Å². The summed E-state index contributed by atoms with van der Waals surface area (Å²) in [6, 6.07) is 29.2. The zero-order valence-electron chi connectivity index (χ0n) is 14.9. The van der Waals surface area contributed by atoms with Crippen molar-refractivity contribution in [1.29, 1.82) is 0 Å². The van der Waals surface area contributed by atoms with Crippen molar-refractivity contribution in [1.82, 2.24) is 0 Å². The first kappa shape index (κ1) is 17.3. The third-order valence-corrected chi connectivity index (χ3v) is 5.82. The van der Waals surface area contributed by atoms with Crippen LogP contribution >= 0.6 is 0 Å². The average molecular weight is 350 g/mol. The summed E-state index contributed by atoms with van der Waals surface area (Å²) in [5, 5.41) is 10.5. The second-order valence-electron chi connectivity index (χ2n) is 7.41. The molecule has 1 aliphatic carbocycles. The Balaban J connectivity index is 0.00000171. The summed E-state index contributed by atoms with van der Waals surface area (Å²) in [6.45, 7) is 0. The number of hydrogen-bond acceptors (Lipinski definition) is 0. The summed E-state index contributed by atoms with van der Waals surface area (Å²) >= 11 is 0. The molecule has 0 unspecified atom stereocenters. The molecule has 0 saturated heterocycles. The van der Waals surface area contributed by atoms with Gasteiger partial charge in [0, 0.05) is 0 Å². The molecule has 0 saturated carbocycles. The van der Waals surface area contributed by atoms with E-state index >= 15 is 0 Å². The fraction of sp³-hybridized carbons (Fsp3) is 0.0370. The Bertz CT molecular complexity index is 1440. The summed E-state index contributed by atoms with van der Waals surface area (Å²) in [5.41, 5.74) is 2.77. The van der Waals surface area contributed by atoms with E-state index in [1.165, 1.54) is 54.2 Å². The van der Waals surface area contributed by atoms with Gasteiger partial charge >= 0.3 is 18.9 Å². The zero-order chi connectivity index (χ0) is 17.8. The second kappa shape index (κ2) is 6.68. The van der Waals surface area contributed by atoms with Crippen LogP contribution in [0.3, 0.4) is 0 Å². The number of fused-ring (bicyclic) bond motifs is 5. The Morgan fingerprint density at radius 3 is 1.93 bits per heavy atom. The molecule has 0 spiro atoms. The Morgan fingerprint density at radius 1 is 0.536 bits per heavy atom. The van der Waals surface area contributed by atoms with Gasteiger partial charge in [0.15, 0.2) is 0 Å². The Kier molecular flexibility index (Phi) is 4.13. The first-order valence-corrected chi connectivity index (χ1v) is 9.51. The average Bonchev–Trinajstić information content (AvgIpc) is 3.25. The normalized spacial score (nSPS) is 13.4. The molecule has 1 aliphatic rings. The van der Waals surface area contributed by atoms with E-state index in [2.05, 4.69) is 97.1 Å². The third-order valence-electron chi connectivity index (χ3n) is 5.82. The Hall–Kier alpha value is -2.78. The van der Waals surface area contributed by atoms with E-state index in [4.69, 9.17) is 0 Å². The van der Waals surface area contributed by atoms with Gasteiger partial charge in [-0.3, -0.25) is 0 Å². The number of hydrogen-bond donors (Lipinski definition) is 0. The van der Waals surface area contributed by atoms with Crippen LogP contribution in [0.2, 0.25) is 0 Å². The summed E-state index contributed by atoms with van der Waals surface area (Å²) < 4.78 is 0. The van der Waals surface area contributed by atoms with Gasteiger partial charge in [0.2, 0.25) is 0 Å². The van der Waals surface area contributed by atoms with Crippen molar-refractivity contribution in [3.63, 3.8) is 0 Å². The molecule has 0 nitrogen and oxygen atoms in total. The molecule has 0 aliphatic heterocycles. The van der Waals surface area contributed by atoms with Gasteiger partial charge in [-0.1, -0.05) is 72.8 Å². The van der Waals surface area contributed by atoms with Crippen LogP contribution in [0.5, 0.6) is 0 Å². The summed E-state index contributed by atoms with van der Waals surface area (Å²) in [5.74, 6) is 0. The van der Waals surface area contributed by atoms with Crippen LogP contribution in [0.1, 0.15) is 12.0 Å². The molecule has 0 heterocycles. The van der Waals surface area contributed by atoms with Crippen LogP contribution in [-0.2, 0) is 0 Å². The molecule has 0 N–H and O–H groups in total. The van der Waals surface area contributed by atoms with Crippen LogP contribution in [0.25, 0.3) is 48.7 Å². The van der Waals surface area contributed by atoms with E-state index in [0.29, 0.717) is 0 Å². The van der Waals surface area contributed by atoms with Crippen LogP contribution in [0.4, 0.5) is 0 Å². The molecule has 28 heavy (non-hydrogen) atoms. The molecular weight excluding hydrogens is 331 g/mol. The molecule has 5 aromatic carbocycles. The molecular formula is C27H19Li. The second-order valence-corrected chi connectivity index (χ2v) is 7.41. The molecule has 128 valence electrons. The van der Waals surface area contributed by atoms with Gasteiger partial charge in [0.25, 0.3) is 0 Å². The molecule has 0 radical (unpaired) electrons. The quantitative estimate of drug-likeness (QED) is 0.173. The predicted octanol–water partition coefficient (Wildman–Crippen LogP) is 6.99.